The Morgan fingerprint density at radius 2 is 2.15 bits per heavy atom. The number of carbonyl (C=O) groups is 2. The van der Waals surface area contributed by atoms with Crippen LogP contribution in [0.15, 0.2) is 33.9 Å². The van der Waals surface area contributed by atoms with Crippen LogP contribution in [0.1, 0.15) is 42.6 Å². The minimum atomic E-state index is -0.210. The average molecular weight is 376 g/mol. The smallest absolute Gasteiger partial charge is 0.257 e. The number of likely N-dealkylation sites (N-methyl/N-ethyl adjacent to an activating group) is 1. The molecule has 0 spiro atoms. The number of hydrogen-bond donors (Lipinski definition) is 1. The van der Waals surface area contributed by atoms with Gasteiger partial charge in [0.15, 0.2) is 0 Å². The van der Waals surface area contributed by atoms with Gasteiger partial charge in [0.1, 0.15) is 10.8 Å². The van der Waals surface area contributed by atoms with Gasteiger partial charge in [-0.05, 0) is 39.8 Å². The molecule has 2 rings (SSSR count). The van der Waals surface area contributed by atoms with Crippen LogP contribution in [-0.2, 0) is 10.5 Å². The van der Waals surface area contributed by atoms with Crippen molar-refractivity contribution in [3.8, 4) is 0 Å². The third-order valence-corrected chi connectivity index (χ3v) is 4.53. The van der Waals surface area contributed by atoms with Gasteiger partial charge in [-0.1, -0.05) is 16.9 Å². The molecule has 0 radical (unpaired) electrons. The number of hydrogen-bond acceptors (Lipinski definition) is 6. The van der Waals surface area contributed by atoms with Crippen molar-refractivity contribution in [3.63, 3.8) is 0 Å². The third-order valence-electron chi connectivity index (χ3n) is 3.49. The zero-order valence-electron chi connectivity index (χ0n) is 15.5. The summed E-state index contributed by atoms with van der Waals surface area (Å²) in [5.74, 6) is 0.908. The number of pyridine rings is 1. The monoisotopic (exact) mass is 376 g/mol. The number of nitrogens with one attached hydrogen (secondary N) is 1. The van der Waals surface area contributed by atoms with Crippen LogP contribution in [0.25, 0.3) is 0 Å². The van der Waals surface area contributed by atoms with E-state index in [-0.39, 0.29) is 24.4 Å². The van der Waals surface area contributed by atoms with Crippen molar-refractivity contribution in [1.29, 1.82) is 0 Å². The van der Waals surface area contributed by atoms with Gasteiger partial charge in [0, 0.05) is 30.6 Å². The number of nitrogens with zero attached hydrogens (tertiary/aromatic N) is 3. The Morgan fingerprint density at radius 3 is 2.77 bits per heavy atom. The van der Waals surface area contributed by atoms with E-state index in [1.165, 1.54) is 16.7 Å². The quantitative estimate of drug-likeness (QED) is 0.713. The largest absolute Gasteiger partial charge is 0.361 e. The average Bonchev–Trinajstić information content (AvgIpc) is 3.02. The molecule has 26 heavy (non-hydrogen) atoms. The zero-order chi connectivity index (χ0) is 19.1. The van der Waals surface area contributed by atoms with E-state index < -0.39 is 0 Å². The number of carbonyl (C=O) groups excluding carboxylic acids is 2. The van der Waals surface area contributed by atoms with Crippen molar-refractivity contribution < 1.29 is 14.1 Å². The van der Waals surface area contributed by atoms with Gasteiger partial charge < -0.3 is 14.7 Å². The predicted molar refractivity (Wildman–Crippen MR) is 99.9 cm³/mol. The second-order valence-corrected chi connectivity index (χ2v) is 7.08. The van der Waals surface area contributed by atoms with Crippen molar-refractivity contribution in [1.82, 2.24) is 20.4 Å². The lowest BCUT2D eigenvalue weighted by atomic mass is 10.2. The van der Waals surface area contributed by atoms with Crippen molar-refractivity contribution in [2.75, 3.05) is 13.1 Å². The minimum absolute atomic E-state index is 0.0228. The van der Waals surface area contributed by atoms with Crippen LogP contribution in [0.3, 0.4) is 0 Å². The Morgan fingerprint density at radius 1 is 1.38 bits per heavy atom. The third kappa shape index (κ3) is 5.59. The normalized spacial score (nSPS) is 10.8. The van der Waals surface area contributed by atoms with E-state index >= 15 is 0 Å². The second-order valence-electron chi connectivity index (χ2n) is 6.12. The van der Waals surface area contributed by atoms with Crippen LogP contribution in [-0.4, -0.2) is 46.0 Å². The first-order valence-corrected chi connectivity index (χ1v) is 9.48. The maximum atomic E-state index is 12.9. The highest BCUT2D eigenvalue weighted by molar-refractivity contribution is 7.98. The van der Waals surface area contributed by atoms with E-state index in [1.54, 1.807) is 18.3 Å². The molecule has 0 aliphatic rings. The minimum Gasteiger partial charge on any atom is -0.361 e. The van der Waals surface area contributed by atoms with Gasteiger partial charge in [-0.25, -0.2) is 4.98 Å². The van der Waals surface area contributed by atoms with E-state index in [0.717, 1.165) is 11.5 Å². The Labute approximate surface area is 157 Å². The standard InChI is InChI=1S/C18H24N4O3S/c1-5-22(10-16(23)20-12(2)3)18(24)15-7-6-8-19-17(15)26-11-14-9-13(4)25-21-14/h6-9,12H,5,10-11H2,1-4H3,(H,20,23). The molecule has 0 aliphatic heterocycles. The lowest BCUT2D eigenvalue weighted by Gasteiger charge is -2.22. The number of thioether (sulfide) groups is 1. The number of aryl methyl sites for hydroxylation is 1. The van der Waals surface area contributed by atoms with E-state index in [2.05, 4.69) is 15.5 Å². The molecule has 0 aliphatic carbocycles. The first-order chi connectivity index (χ1) is 12.4. The van der Waals surface area contributed by atoms with Gasteiger partial charge in [-0.2, -0.15) is 0 Å². The molecule has 2 aromatic heterocycles. The summed E-state index contributed by atoms with van der Waals surface area (Å²) >= 11 is 1.42. The van der Waals surface area contributed by atoms with Crippen molar-refractivity contribution in [3.05, 3.63) is 41.4 Å². The number of amides is 2. The molecule has 8 heteroatoms. The molecule has 1 N–H and O–H groups in total. The fourth-order valence-corrected chi connectivity index (χ4v) is 3.20. The lowest BCUT2D eigenvalue weighted by Crippen LogP contribution is -2.42. The highest BCUT2D eigenvalue weighted by atomic mass is 32.2. The van der Waals surface area contributed by atoms with Crippen molar-refractivity contribution >= 4 is 23.6 Å². The summed E-state index contributed by atoms with van der Waals surface area (Å²) in [6.45, 7) is 7.91. The van der Waals surface area contributed by atoms with Crippen LogP contribution in [0.5, 0.6) is 0 Å². The predicted octanol–water partition coefficient (Wildman–Crippen LogP) is 2.66. The zero-order valence-corrected chi connectivity index (χ0v) is 16.3. The first-order valence-electron chi connectivity index (χ1n) is 8.49. The van der Waals surface area contributed by atoms with Gasteiger partial charge in [0.2, 0.25) is 5.91 Å². The molecule has 7 nitrogen and oxygen atoms in total. The summed E-state index contributed by atoms with van der Waals surface area (Å²) in [6.07, 6.45) is 1.65. The summed E-state index contributed by atoms with van der Waals surface area (Å²) in [7, 11) is 0. The highest BCUT2D eigenvalue weighted by Gasteiger charge is 2.21. The highest BCUT2D eigenvalue weighted by Crippen LogP contribution is 2.25. The number of aromatic nitrogens is 2. The van der Waals surface area contributed by atoms with E-state index in [1.807, 2.05) is 33.8 Å². The van der Waals surface area contributed by atoms with Gasteiger partial charge in [-0.15, -0.1) is 0 Å². The van der Waals surface area contributed by atoms with E-state index in [0.29, 0.717) is 22.9 Å². The van der Waals surface area contributed by atoms with Crippen LogP contribution in [0, 0.1) is 6.92 Å². The van der Waals surface area contributed by atoms with Crippen LogP contribution in [0.2, 0.25) is 0 Å². The second kappa shape index (κ2) is 9.38. The fourth-order valence-electron chi connectivity index (χ4n) is 2.34. The Balaban J connectivity index is 2.10. The summed E-state index contributed by atoms with van der Waals surface area (Å²) in [5, 5.41) is 7.37. The Hall–Kier alpha value is -2.35. The van der Waals surface area contributed by atoms with E-state index in [4.69, 9.17) is 4.52 Å². The van der Waals surface area contributed by atoms with E-state index in [9.17, 15) is 9.59 Å². The molecule has 0 aromatic carbocycles. The molecule has 0 fully saturated rings. The molecule has 140 valence electrons. The number of rotatable bonds is 8. The summed E-state index contributed by atoms with van der Waals surface area (Å²) in [5.41, 5.74) is 1.28. The van der Waals surface area contributed by atoms with Crippen molar-refractivity contribution in [2.24, 2.45) is 0 Å². The van der Waals surface area contributed by atoms with Crippen LogP contribution >= 0.6 is 11.8 Å². The van der Waals surface area contributed by atoms with Crippen LogP contribution < -0.4 is 5.32 Å². The molecule has 0 saturated carbocycles. The molecule has 0 saturated heterocycles. The molecule has 0 unspecified atom stereocenters. The molecule has 0 bridgehead atoms. The fraction of sp³-hybridized carbons (Fsp3) is 0.444. The summed E-state index contributed by atoms with van der Waals surface area (Å²) in [6, 6.07) is 5.34. The van der Waals surface area contributed by atoms with Gasteiger partial charge in [0.05, 0.1) is 17.8 Å². The molecule has 2 amide bonds. The lowest BCUT2D eigenvalue weighted by molar-refractivity contribution is -0.122. The Bertz CT molecular complexity index is 760. The Kier molecular flexibility index (Phi) is 7.20. The SMILES string of the molecule is CCN(CC(=O)NC(C)C)C(=O)c1cccnc1SCc1cc(C)on1. The maximum Gasteiger partial charge on any atom is 0.257 e. The van der Waals surface area contributed by atoms with Crippen LogP contribution in [0.4, 0.5) is 0 Å². The van der Waals surface area contributed by atoms with Crippen molar-refractivity contribution in [2.45, 2.75) is 44.5 Å². The molecule has 2 heterocycles. The maximum absolute atomic E-state index is 12.9. The topological polar surface area (TPSA) is 88.3 Å². The van der Waals surface area contributed by atoms with Gasteiger partial charge in [0.25, 0.3) is 5.91 Å². The van der Waals surface area contributed by atoms with Gasteiger partial charge >= 0.3 is 0 Å². The molecular weight excluding hydrogens is 352 g/mol. The molecule has 2 aromatic rings. The first kappa shape index (κ1) is 20.0. The summed E-state index contributed by atoms with van der Waals surface area (Å²) in [4.78, 5) is 30.7. The summed E-state index contributed by atoms with van der Waals surface area (Å²) < 4.78 is 5.06. The molecule has 0 atom stereocenters. The van der Waals surface area contributed by atoms with Gasteiger partial charge in [-0.3, -0.25) is 9.59 Å². The molecular formula is C18H24N4O3S.